The number of imidazole rings is 1. The Hall–Kier alpha value is -1.70. The Morgan fingerprint density at radius 1 is 1.25 bits per heavy atom. The van der Waals surface area contributed by atoms with Gasteiger partial charge in [-0.3, -0.25) is 0 Å². The van der Waals surface area contributed by atoms with Crippen LogP contribution in [0.2, 0.25) is 0 Å². The number of aromatic nitrogens is 3. The maximum Gasteiger partial charge on any atom is 0.161 e. The number of fused-ring (bicyclic) bond motifs is 1. The number of hydrogen-bond donors (Lipinski definition) is 3. The molecule has 2 aromatic rings. The third-order valence-electron chi connectivity index (χ3n) is 5.08. The van der Waals surface area contributed by atoms with Gasteiger partial charge in [-0.1, -0.05) is 19.3 Å². The maximum atomic E-state index is 10.2. The average molecular weight is 332 g/mol. The fourth-order valence-electron chi connectivity index (χ4n) is 3.81. The molecule has 0 bridgehead atoms. The average Bonchev–Trinajstić information content (AvgIpc) is 3.19. The molecule has 7 heteroatoms. The third-order valence-corrected chi connectivity index (χ3v) is 5.08. The molecule has 24 heavy (non-hydrogen) atoms. The van der Waals surface area contributed by atoms with Gasteiger partial charge in [-0.05, 0) is 18.9 Å². The van der Waals surface area contributed by atoms with Gasteiger partial charge < -0.3 is 24.8 Å². The van der Waals surface area contributed by atoms with Gasteiger partial charge in [0.05, 0.1) is 24.6 Å². The minimum atomic E-state index is -0.650. The van der Waals surface area contributed by atoms with E-state index in [1.165, 1.54) is 32.1 Å². The van der Waals surface area contributed by atoms with Gasteiger partial charge in [-0.25, -0.2) is 9.97 Å². The molecule has 2 aromatic heterocycles. The highest BCUT2D eigenvalue weighted by atomic mass is 16.5. The predicted octanol–water partition coefficient (Wildman–Crippen LogP) is 1.82. The van der Waals surface area contributed by atoms with E-state index in [9.17, 15) is 10.2 Å². The van der Waals surface area contributed by atoms with Crippen molar-refractivity contribution in [1.82, 2.24) is 14.5 Å². The molecule has 2 fully saturated rings. The number of nitrogens with zero attached hydrogens (tertiary/aromatic N) is 3. The molecule has 4 rings (SSSR count). The summed E-state index contributed by atoms with van der Waals surface area (Å²) in [5.41, 5.74) is 1.68. The van der Waals surface area contributed by atoms with Gasteiger partial charge in [-0.15, -0.1) is 0 Å². The van der Waals surface area contributed by atoms with Crippen LogP contribution in [-0.2, 0) is 4.74 Å². The maximum absolute atomic E-state index is 10.2. The van der Waals surface area contributed by atoms with Crippen molar-refractivity contribution >= 4 is 16.9 Å². The van der Waals surface area contributed by atoms with Crippen LogP contribution in [0, 0.1) is 0 Å². The zero-order valence-electron chi connectivity index (χ0n) is 13.6. The molecule has 0 spiro atoms. The Morgan fingerprint density at radius 2 is 2.08 bits per heavy atom. The number of anilines is 1. The lowest BCUT2D eigenvalue weighted by Gasteiger charge is -2.23. The van der Waals surface area contributed by atoms with Gasteiger partial charge in [0, 0.05) is 18.7 Å². The zero-order valence-corrected chi connectivity index (χ0v) is 13.6. The van der Waals surface area contributed by atoms with Crippen LogP contribution in [0.5, 0.6) is 0 Å². The second kappa shape index (κ2) is 6.66. The van der Waals surface area contributed by atoms with Crippen molar-refractivity contribution < 1.29 is 14.9 Å². The van der Waals surface area contributed by atoms with E-state index < -0.39 is 12.3 Å². The number of nitrogens with one attached hydrogen (secondary N) is 1. The predicted molar refractivity (Wildman–Crippen MR) is 89.6 cm³/mol. The highest BCUT2D eigenvalue weighted by Gasteiger charge is 2.35. The molecule has 3 heterocycles. The number of aliphatic hydroxyl groups is 2. The van der Waals surface area contributed by atoms with Crippen LogP contribution < -0.4 is 5.32 Å². The molecule has 1 aliphatic heterocycles. The molecule has 0 aromatic carbocycles. The Labute approximate surface area is 140 Å². The fourth-order valence-corrected chi connectivity index (χ4v) is 3.81. The quantitative estimate of drug-likeness (QED) is 0.791. The van der Waals surface area contributed by atoms with Crippen molar-refractivity contribution in [3.63, 3.8) is 0 Å². The summed E-state index contributed by atoms with van der Waals surface area (Å²) in [6.45, 7) is -0.0871. The molecule has 1 saturated heterocycles. The largest absolute Gasteiger partial charge is 0.394 e. The first-order valence-corrected chi connectivity index (χ1v) is 8.78. The molecule has 3 N–H and O–H groups in total. The van der Waals surface area contributed by atoms with Crippen LogP contribution in [0.15, 0.2) is 18.6 Å². The highest BCUT2D eigenvalue weighted by Crippen LogP contribution is 2.33. The number of aliphatic hydroxyl groups excluding tert-OH is 2. The number of hydrogen-bond acceptors (Lipinski definition) is 6. The summed E-state index contributed by atoms with van der Waals surface area (Å²) in [4.78, 5) is 8.96. The molecule has 3 unspecified atom stereocenters. The van der Waals surface area contributed by atoms with Crippen molar-refractivity contribution in [3.8, 4) is 0 Å². The number of ether oxygens (including phenoxy) is 1. The Bertz CT molecular complexity index is 698. The van der Waals surface area contributed by atoms with E-state index in [4.69, 9.17) is 4.74 Å². The second-order valence-corrected chi connectivity index (χ2v) is 6.79. The second-order valence-electron chi connectivity index (χ2n) is 6.79. The SMILES string of the molecule is OCC1CC(O)C(n2cnc3c(NC4CCCCC4)nccc32)O1. The molecule has 3 atom stereocenters. The van der Waals surface area contributed by atoms with Crippen molar-refractivity contribution in [2.75, 3.05) is 11.9 Å². The molecule has 2 aliphatic rings. The van der Waals surface area contributed by atoms with Gasteiger partial charge in [0.15, 0.2) is 12.0 Å². The van der Waals surface area contributed by atoms with Crippen molar-refractivity contribution in [3.05, 3.63) is 18.6 Å². The summed E-state index contributed by atoms with van der Waals surface area (Å²) in [5.74, 6) is 0.796. The monoisotopic (exact) mass is 332 g/mol. The van der Waals surface area contributed by atoms with Crippen LogP contribution in [0.4, 0.5) is 5.82 Å². The lowest BCUT2D eigenvalue weighted by atomic mass is 9.95. The van der Waals surface area contributed by atoms with Crippen molar-refractivity contribution in [1.29, 1.82) is 0 Å². The standard InChI is InChI=1S/C17H24N4O3/c22-9-12-8-14(23)17(24-12)21-10-19-15-13(21)6-7-18-16(15)20-11-4-2-1-3-5-11/h6-7,10-12,14,17,22-23H,1-5,8-9H2,(H,18,20). The Kier molecular flexibility index (Phi) is 4.39. The highest BCUT2D eigenvalue weighted by molar-refractivity contribution is 5.86. The van der Waals surface area contributed by atoms with Gasteiger partial charge >= 0.3 is 0 Å². The smallest absolute Gasteiger partial charge is 0.161 e. The molecular formula is C17H24N4O3. The van der Waals surface area contributed by atoms with Gasteiger partial charge in [0.1, 0.15) is 11.6 Å². The summed E-state index contributed by atoms with van der Waals surface area (Å²) in [6, 6.07) is 2.34. The van der Waals surface area contributed by atoms with Crippen LogP contribution >= 0.6 is 0 Å². The van der Waals surface area contributed by atoms with E-state index >= 15 is 0 Å². The normalized spacial score (nSPS) is 28.5. The van der Waals surface area contributed by atoms with Crippen LogP contribution in [-0.4, -0.2) is 49.6 Å². The zero-order chi connectivity index (χ0) is 16.5. The molecule has 0 radical (unpaired) electrons. The molecule has 1 aliphatic carbocycles. The third kappa shape index (κ3) is 2.87. The van der Waals surface area contributed by atoms with Crippen LogP contribution in [0.3, 0.4) is 0 Å². The molecule has 130 valence electrons. The topological polar surface area (TPSA) is 92.4 Å². The van der Waals surface area contributed by atoms with E-state index in [1.54, 1.807) is 12.5 Å². The van der Waals surface area contributed by atoms with E-state index in [0.717, 1.165) is 16.9 Å². The van der Waals surface area contributed by atoms with Crippen LogP contribution in [0.1, 0.15) is 44.8 Å². The van der Waals surface area contributed by atoms with E-state index in [-0.39, 0.29) is 12.7 Å². The molecule has 1 saturated carbocycles. The lowest BCUT2D eigenvalue weighted by Crippen LogP contribution is -2.23. The van der Waals surface area contributed by atoms with Gasteiger partial charge in [-0.2, -0.15) is 0 Å². The van der Waals surface area contributed by atoms with Gasteiger partial charge in [0.25, 0.3) is 0 Å². The summed E-state index contributed by atoms with van der Waals surface area (Å²) < 4.78 is 7.58. The Morgan fingerprint density at radius 3 is 2.83 bits per heavy atom. The minimum absolute atomic E-state index is 0.0871. The van der Waals surface area contributed by atoms with E-state index in [1.807, 2.05) is 10.6 Å². The minimum Gasteiger partial charge on any atom is -0.394 e. The molecule has 7 nitrogen and oxygen atoms in total. The first kappa shape index (κ1) is 15.8. The molecular weight excluding hydrogens is 308 g/mol. The first-order chi connectivity index (χ1) is 11.8. The first-order valence-electron chi connectivity index (χ1n) is 8.78. The fraction of sp³-hybridized carbons (Fsp3) is 0.647. The number of rotatable bonds is 4. The van der Waals surface area contributed by atoms with Gasteiger partial charge in [0.2, 0.25) is 0 Å². The molecule has 0 amide bonds. The Balaban J connectivity index is 1.61. The van der Waals surface area contributed by atoms with Crippen molar-refractivity contribution in [2.24, 2.45) is 0 Å². The lowest BCUT2D eigenvalue weighted by molar-refractivity contribution is -0.0484. The van der Waals surface area contributed by atoms with Crippen LogP contribution in [0.25, 0.3) is 11.0 Å². The van der Waals surface area contributed by atoms with E-state index in [2.05, 4.69) is 15.3 Å². The number of pyridine rings is 1. The van der Waals surface area contributed by atoms with Crippen molar-refractivity contribution in [2.45, 2.75) is 63.0 Å². The summed E-state index contributed by atoms with van der Waals surface area (Å²) in [6.07, 6.45) is 8.54. The van der Waals surface area contributed by atoms with E-state index in [0.29, 0.717) is 12.5 Å². The summed E-state index contributed by atoms with van der Waals surface area (Å²) >= 11 is 0. The summed E-state index contributed by atoms with van der Waals surface area (Å²) in [7, 11) is 0. The summed E-state index contributed by atoms with van der Waals surface area (Å²) in [5, 5.41) is 23.0.